The third-order valence-electron chi connectivity index (χ3n) is 7.91. The highest BCUT2D eigenvalue weighted by Crippen LogP contribution is 2.68. The molecule has 1 atom stereocenters. The molecule has 0 aliphatic heterocycles. The third kappa shape index (κ3) is 34.1. The quantitative estimate of drug-likeness (QED) is 0.0424. The Morgan fingerprint density at radius 3 is 0.867 bits per heavy atom. The lowest BCUT2D eigenvalue weighted by atomic mass is 10.0. The maximum Gasteiger partial charge on any atom is 0.490 e. The number of phosphoric ester groups is 1. The summed E-state index contributed by atoms with van der Waals surface area (Å²) in [4.78, 5) is 27.5. The minimum Gasteiger partial charge on any atom is -0.302 e. The van der Waals surface area contributed by atoms with E-state index < -0.39 is 23.5 Å². The lowest BCUT2D eigenvalue weighted by Gasteiger charge is -2.20. The zero-order valence-electron chi connectivity index (χ0n) is 28.8. The predicted molar refractivity (Wildman–Crippen MR) is 184 cm³/mol. The van der Waals surface area contributed by atoms with E-state index in [0.29, 0.717) is 12.8 Å². The molecule has 1 unspecified atom stereocenters. The summed E-state index contributed by atoms with van der Waals surface area (Å²) in [6.07, 6.45) is 32.9. The Kier molecular flexibility index (Phi) is 30.7. The molecular formula is C32H69O10P3. The monoisotopic (exact) mass is 706 g/mol. The first-order valence-corrected chi connectivity index (χ1v) is 22.7. The molecule has 3 N–H and O–H groups in total. The average molecular weight is 707 g/mol. The second-order valence-corrected chi connectivity index (χ2v) is 17.1. The molecule has 0 aromatic rings. The van der Waals surface area contributed by atoms with Gasteiger partial charge in [0.05, 0.1) is 13.2 Å². The van der Waals surface area contributed by atoms with Crippen molar-refractivity contribution >= 4 is 23.5 Å². The number of phosphoric acid groups is 3. The van der Waals surface area contributed by atoms with Gasteiger partial charge in [-0.1, -0.05) is 181 Å². The summed E-state index contributed by atoms with van der Waals surface area (Å²) in [6, 6.07) is 0. The Balaban J connectivity index is 4.15. The van der Waals surface area contributed by atoms with E-state index >= 15 is 0 Å². The van der Waals surface area contributed by atoms with Crippen LogP contribution in [0.2, 0.25) is 0 Å². The molecular weight excluding hydrogens is 637 g/mol. The molecule has 0 heterocycles. The van der Waals surface area contributed by atoms with Gasteiger partial charge in [-0.25, -0.2) is 13.7 Å². The smallest absolute Gasteiger partial charge is 0.302 e. The van der Waals surface area contributed by atoms with Crippen molar-refractivity contribution in [1.82, 2.24) is 0 Å². The summed E-state index contributed by atoms with van der Waals surface area (Å²) in [5.74, 6) is 0. The van der Waals surface area contributed by atoms with Gasteiger partial charge in [-0.05, 0) is 12.8 Å². The molecule has 0 fully saturated rings. The molecule has 13 heteroatoms. The van der Waals surface area contributed by atoms with Crippen molar-refractivity contribution in [1.29, 1.82) is 0 Å². The Hall–Kier alpha value is 0.410. The highest BCUT2D eigenvalue weighted by Gasteiger charge is 2.42. The Labute approximate surface area is 276 Å². The zero-order valence-corrected chi connectivity index (χ0v) is 31.4. The average Bonchev–Trinajstić information content (AvgIpc) is 2.95. The first-order valence-electron chi connectivity index (χ1n) is 18.2. The Morgan fingerprint density at radius 1 is 0.378 bits per heavy atom. The van der Waals surface area contributed by atoms with Crippen LogP contribution in [0.3, 0.4) is 0 Å². The van der Waals surface area contributed by atoms with E-state index in [9.17, 15) is 18.6 Å². The molecule has 0 bridgehead atoms. The molecule has 272 valence electrons. The van der Waals surface area contributed by atoms with Crippen molar-refractivity contribution < 1.29 is 46.0 Å². The second kappa shape index (κ2) is 30.5. The molecule has 0 aliphatic rings. The van der Waals surface area contributed by atoms with Gasteiger partial charge in [-0.3, -0.25) is 9.05 Å². The number of hydrogen-bond donors (Lipinski definition) is 3. The fourth-order valence-electron chi connectivity index (χ4n) is 5.31. The van der Waals surface area contributed by atoms with Crippen LogP contribution in [0.15, 0.2) is 0 Å². The van der Waals surface area contributed by atoms with Gasteiger partial charge < -0.3 is 14.7 Å². The zero-order chi connectivity index (χ0) is 33.5. The molecule has 10 nitrogen and oxygen atoms in total. The lowest BCUT2D eigenvalue weighted by molar-refractivity contribution is 0.134. The van der Waals surface area contributed by atoms with E-state index in [1.54, 1.807) is 0 Å². The van der Waals surface area contributed by atoms with Crippen molar-refractivity contribution in [2.24, 2.45) is 0 Å². The van der Waals surface area contributed by atoms with Gasteiger partial charge in [0, 0.05) is 0 Å². The van der Waals surface area contributed by atoms with Crippen LogP contribution < -0.4 is 0 Å². The first-order chi connectivity index (χ1) is 21.5. The highest BCUT2D eigenvalue weighted by atomic mass is 31.3. The van der Waals surface area contributed by atoms with Crippen molar-refractivity contribution in [2.75, 3.05) is 13.2 Å². The van der Waals surface area contributed by atoms with Crippen LogP contribution >= 0.6 is 23.5 Å². The van der Waals surface area contributed by atoms with Crippen LogP contribution in [0.25, 0.3) is 0 Å². The van der Waals surface area contributed by atoms with E-state index in [1.807, 2.05) is 0 Å². The first kappa shape index (κ1) is 45.4. The maximum atomic E-state index is 13.1. The lowest BCUT2D eigenvalue weighted by Crippen LogP contribution is -2.03. The topological polar surface area (TPSA) is 149 Å². The number of rotatable bonds is 36. The summed E-state index contributed by atoms with van der Waals surface area (Å²) in [5, 5.41) is 0. The van der Waals surface area contributed by atoms with Gasteiger partial charge in [0.25, 0.3) is 0 Å². The number of unbranched alkanes of at least 4 members (excludes halogenated alkanes) is 26. The molecule has 0 spiro atoms. The minimum absolute atomic E-state index is 0.0377. The molecule has 0 aromatic heterocycles. The Bertz CT molecular complexity index is 755. The summed E-state index contributed by atoms with van der Waals surface area (Å²) in [7, 11) is -15.3. The molecule has 0 saturated carbocycles. The van der Waals surface area contributed by atoms with Crippen LogP contribution in [0.5, 0.6) is 0 Å². The summed E-state index contributed by atoms with van der Waals surface area (Å²) >= 11 is 0. The molecule has 0 aliphatic carbocycles. The summed E-state index contributed by atoms with van der Waals surface area (Å²) in [5.41, 5.74) is 0. The fourth-order valence-corrected chi connectivity index (χ4v) is 8.94. The van der Waals surface area contributed by atoms with Crippen molar-refractivity contribution in [3.8, 4) is 0 Å². The van der Waals surface area contributed by atoms with Crippen LogP contribution in [0, 0.1) is 0 Å². The van der Waals surface area contributed by atoms with Gasteiger partial charge in [-0.2, -0.15) is 8.62 Å². The normalized spacial score (nSPS) is 13.8. The van der Waals surface area contributed by atoms with Crippen LogP contribution in [0.4, 0.5) is 0 Å². The molecule has 45 heavy (non-hydrogen) atoms. The summed E-state index contributed by atoms with van der Waals surface area (Å²) < 4.78 is 55.0. The molecule has 0 radical (unpaired) electrons. The van der Waals surface area contributed by atoms with Gasteiger partial charge in [0.15, 0.2) is 0 Å². The fraction of sp³-hybridized carbons (Fsp3) is 1.00. The van der Waals surface area contributed by atoms with E-state index in [-0.39, 0.29) is 13.2 Å². The van der Waals surface area contributed by atoms with Gasteiger partial charge in [0.1, 0.15) is 0 Å². The van der Waals surface area contributed by atoms with E-state index in [4.69, 9.17) is 18.8 Å². The predicted octanol–water partition coefficient (Wildman–Crippen LogP) is 12.3. The molecule has 0 amide bonds. The SMILES string of the molecule is CCCCCCCCCCCCCCCCOP(=O)(OCCCCCCCCCCCCCCCC)OP(=O)(O)OP(=O)(O)O. The minimum atomic E-state index is -5.39. The largest absolute Gasteiger partial charge is 0.490 e. The second-order valence-electron chi connectivity index (χ2n) is 12.4. The van der Waals surface area contributed by atoms with Crippen molar-refractivity contribution in [3.05, 3.63) is 0 Å². The highest BCUT2D eigenvalue weighted by molar-refractivity contribution is 7.66. The molecule has 0 saturated heterocycles. The van der Waals surface area contributed by atoms with E-state index in [0.717, 1.165) is 38.5 Å². The maximum absolute atomic E-state index is 13.1. The summed E-state index contributed by atoms with van der Waals surface area (Å²) in [6.45, 7) is 4.40. The van der Waals surface area contributed by atoms with Crippen molar-refractivity contribution in [3.63, 3.8) is 0 Å². The molecule has 0 aromatic carbocycles. The molecule has 0 rings (SSSR count). The van der Waals surface area contributed by atoms with Gasteiger partial charge in [0.2, 0.25) is 0 Å². The third-order valence-corrected chi connectivity index (χ3v) is 12.2. The standard InChI is InChI=1S/C32H69O10P3/c1-3-5-7-9-11-13-15-17-19-21-23-25-27-29-31-39-45(38,42-44(36,37)41-43(33,34)35)40-32-30-28-26-24-22-20-18-16-14-12-10-8-6-4-2/h3-32H2,1-2H3,(H,36,37)(H2,33,34,35). The van der Waals surface area contributed by atoms with E-state index in [2.05, 4.69) is 22.5 Å². The van der Waals surface area contributed by atoms with Crippen LogP contribution in [0.1, 0.15) is 194 Å². The van der Waals surface area contributed by atoms with Crippen LogP contribution in [-0.4, -0.2) is 27.9 Å². The number of hydrogen-bond acceptors (Lipinski definition) is 7. The van der Waals surface area contributed by atoms with Gasteiger partial charge >= 0.3 is 23.5 Å². The Morgan fingerprint density at radius 2 is 0.622 bits per heavy atom. The van der Waals surface area contributed by atoms with E-state index in [1.165, 1.54) is 128 Å². The van der Waals surface area contributed by atoms with Crippen LogP contribution in [-0.2, 0) is 31.4 Å². The van der Waals surface area contributed by atoms with Gasteiger partial charge in [-0.15, -0.1) is 0 Å². The van der Waals surface area contributed by atoms with Crippen molar-refractivity contribution in [2.45, 2.75) is 194 Å².